The maximum Gasteiger partial charge on any atom is 0.239 e. The molecule has 30 heavy (non-hydrogen) atoms. The maximum absolute atomic E-state index is 12.0. The Morgan fingerprint density at radius 3 is 1.70 bits per heavy atom. The first-order chi connectivity index (χ1) is 14.6. The van der Waals surface area contributed by atoms with Crippen LogP contribution >= 0.6 is 0 Å². The van der Waals surface area contributed by atoms with Gasteiger partial charge >= 0.3 is 0 Å². The van der Waals surface area contributed by atoms with Crippen molar-refractivity contribution >= 4 is 23.2 Å². The zero-order chi connectivity index (χ0) is 21.6. The molecule has 0 saturated heterocycles. The minimum Gasteiger partial charge on any atom is -0.326 e. The van der Waals surface area contributed by atoms with Gasteiger partial charge in [-0.05, 0) is 54.8 Å². The molecule has 0 saturated carbocycles. The largest absolute Gasteiger partial charge is 0.326 e. The summed E-state index contributed by atoms with van der Waals surface area (Å²) in [4.78, 5) is 27.3. The Hall–Kier alpha value is -3.64. The molecule has 0 aliphatic heterocycles. The molecule has 2 N–H and O–H groups in total. The summed E-state index contributed by atoms with van der Waals surface area (Å²) in [5.74, 6) is -0.0482. The first-order valence-corrected chi connectivity index (χ1v) is 10.1. The Balaban J connectivity index is 1.55. The number of nitriles is 1. The van der Waals surface area contributed by atoms with Crippen molar-refractivity contribution < 1.29 is 9.59 Å². The van der Waals surface area contributed by atoms with Crippen LogP contribution < -0.4 is 10.6 Å². The van der Waals surface area contributed by atoms with Crippen LogP contribution in [0.3, 0.4) is 0 Å². The fraction of sp³-hybridized carbons (Fsp3) is 0.333. The molecule has 0 fully saturated rings. The molecular weight excluding hydrogens is 376 g/mol. The lowest BCUT2D eigenvalue weighted by Crippen LogP contribution is -2.11. The van der Waals surface area contributed by atoms with Gasteiger partial charge < -0.3 is 15.5 Å². The molecule has 2 amide bonds. The summed E-state index contributed by atoms with van der Waals surface area (Å²) in [7, 11) is 0. The molecule has 0 atom stereocenters. The van der Waals surface area contributed by atoms with Crippen molar-refractivity contribution in [3.8, 4) is 6.07 Å². The summed E-state index contributed by atoms with van der Waals surface area (Å²) in [6, 6.07) is 16.7. The number of unbranched alkanes of at least 4 members (excludes halogenated alkanes) is 3. The highest BCUT2D eigenvalue weighted by molar-refractivity contribution is 5.91. The van der Waals surface area contributed by atoms with Gasteiger partial charge in [0.15, 0.2) is 0 Å². The van der Waals surface area contributed by atoms with Gasteiger partial charge in [0.05, 0.1) is 12.5 Å². The van der Waals surface area contributed by atoms with E-state index in [1.165, 1.54) is 0 Å². The van der Waals surface area contributed by atoms with Crippen molar-refractivity contribution in [2.75, 3.05) is 10.6 Å². The number of rotatable bonds is 11. The minimum absolute atomic E-state index is 0.0227. The summed E-state index contributed by atoms with van der Waals surface area (Å²) in [5, 5.41) is 14.4. The van der Waals surface area contributed by atoms with Crippen molar-refractivity contribution in [3.63, 3.8) is 0 Å². The molecule has 0 heterocycles. The highest BCUT2D eigenvalue weighted by Crippen LogP contribution is 2.13. The normalized spacial score (nSPS) is 9.93. The van der Waals surface area contributed by atoms with Crippen molar-refractivity contribution in [2.45, 2.75) is 51.5 Å². The van der Waals surface area contributed by atoms with E-state index >= 15 is 0 Å². The van der Waals surface area contributed by atoms with E-state index in [0.29, 0.717) is 25.8 Å². The summed E-state index contributed by atoms with van der Waals surface area (Å²) in [5.41, 5.74) is 3.34. The molecule has 0 bridgehead atoms. The lowest BCUT2D eigenvalue weighted by molar-refractivity contribution is -0.117. The van der Waals surface area contributed by atoms with E-state index < -0.39 is 0 Å². The Labute approximate surface area is 177 Å². The first kappa shape index (κ1) is 22.6. The third-order valence-electron chi connectivity index (χ3n) is 4.58. The van der Waals surface area contributed by atoms with Crippen LogP contribution in [0.25, 0.3) is 4.85 Å². The van der Waals surface area contributed by atoms with Gasteiger partial charge in [-0.25, -0.2) is 6.57 Å². The van der Waals surface area contributed by atoms with E-state index in [0.717, 1.165) is 48.2 Å². The van der Waals surface area contributed by atoms with E-state index in [4.69, 9.17) is 11.8 Å². The average Bonchev–Trinajstić information content (AvgIpc) is 2.74. The van der Waals surface area contributed by atoms with Crippen LogP contribution in [0.15, 0.2) is 48.5 Å². The van der Waals surface area contributed by atoms with Gasteiger partial charge in [-0.15, -0.1) is 0 Å². The molecule has 154 valence electrons. The van der Waals surface area contributed by atoms with Crippen molar-refractivity contribution in [2.24, 2.45) is 0 Å². The molecular formula is C24H26N4O2. The zero-order valence-corrected chi connectivity index (χ0v) is 17.0. The van der Waals surface area contributed by atoms with Crippen LogP contribution in [0.1, 0.15) is 49.7 Å². The second-order valence-electron chi connectivity index (χ2n) is 7.06. The van der Waals surface area contributed by atoms with Crippen LogP contribution in [0.5, 0.6) is 0 Å². The predicted molar refractivity (Wildman–Crippen MR) is 117 cm³/mol. The number of nitrogens with one attached hydrogen (secondary N) is 2. The fourth-order valence-corrected chi connectivity index (χ4v) is 2.95. The molecule has 0 aliphatic carbocycles. The first-order valence-electron chi connectivity index (χ1n) is 10.1. The monoisotopic (exact) mass is 402 g/mol. The van der Waals surface area contributed by atoms with Crippen molar-refractivity contribution in [3.05, 3.63) is 71.1 Å². The van der Waals surface area contributed by atoms with E-state index in [1.807, 2.05) is 48.5 Å². The van der Waals surface area contributed by atoms with Crippen LogP contribution in [-0.4, -0.2) is 11.8 Å². The Bertz CT molecular complexity index is 829. The Kier molecular flexibility index (Phi) is 9.62. The van der Waals surface area contributed by atoms with Crippen LogP contribution in [0.2, 0.25) is 0 Å². The van der Waals surface area contributed by atoms with Crippen molar-refractivity contribution in [1.29, 1.82) is 5.26 Å². The highest BCUT2D eigenvalue weighted by Gasteiger charge is 2.05. The Morgan fingerprint density at radius 1 is 0.800 bits per heavy atom. The maximum atomic E-state index is 12.0. The third-order valence-corrected chi connectivity index (χ3v) is 4.58. The second kappa shape index (κ2) is 12.7. The molecule has 0 aliphatic rings. The smallest absolute Gasteiger partial charge is 0.239 e. The third kappa shape index (κ3) is 8.58. The molecule has 0 radical (unpaired) electrons. The average molecular weight is 402 g/mol. The summed E-state index contributed by atoms with van der Waals surface area (Å²) >= 11 is 0. The number of anilines is 2. The van der Waals surface area contributed by atoms with Gasteiger partial charge in [0, 0.05) is 29.8 Å². The van der Waals surface area contributed by atoms with Crippen LogP contribution in [-0.2, 0) is 22.6 Å². The van der Waals surface area contributed by atoms with Crippen LogP contribution in [0, 0.1) is 17.9 Å². The molecule has 0 unspecified atom stereocenters. The van der Waals surface area contributed by atoms with Gasteiger partial charge in [-0.1, -0.05) is 25.0 Å². The minimum atomic E-state index is -0.0255. The van der Waals surface area contributed by atoms with Gasteiger partial charge in [0.25, 0.3) is 0 Å². The number of hydrogen-bond donors (Lipinski definition) is 2. The van der Waals surface area contributed by atoms with Gasteiger partial charge in [-0.3, -0.25) is 9.59 Å². The molecule has 2 rings (SSSR count). The lowest BCUT2D eigenvalue weighted by Gasteiger charge is -2.07. The number of benzene rings is 2. The number of carbonyl (C=O) groups is 2. The van der Waals surface area contributed by atoms with Gasteiger partial charge in [-0.2, -0.15) is 5.26 Å². The number of carbonyl (C=O) groups excluding carboxylic acids is 2. The van der Waals surface area contributed by atoms with E-state index in [-0.39, 0.29) is 11.8 Å². The summed E-state index contributed by atoms with van der Waals surface area (Å²) in [6.45, 7) is 7.20. The molecule has 0 aromatic heterocycles. The van der Waals surface area contributed by atoms with E-state index in [9.17, 15) is 9.59 Å². The lowest BCUT2D eigenvalue weighted by atomic mass is 10.1. The summed E-state index contributed by atoms with van der Waals surface area (Å²) in [6.07, 6.45) is 4.61. The van der Waals surface area contributed by atoms with E-state index in [1.54, 1.807) is 0 Å². The molecule has 2 aromatic carbocycles. The quantitative estimate of drug-likeness (QED) is 0.405. The highest BCUT2D eigenvalue weighted by atomic mass is 16.2. The van der Waals surface area contributed by atoms with Crippen molar-refractivity contribution in [1.82, 2.24) is 0 Å². The topological polar surface area (TPSA) is 86.3 Å². The SMILES string of the molecule is [C-]#[N+]Cc1ccc(NC(=O)CCCCCCC(=O)Nc2ccc(CC#N)cc2)cc1. The zero-order valence-electron chi connectivity index (χ0n) is 17.0. The number of hydrogen-bond acceptors (Lipinski definition) is 3. The van der Waals surface area contributed by atoms with E-state index in [2.05, 4.69) is 21.5 Å². The number of nitrogens with zero attached hydrogens (tertiary/aromatic N) is 2. The fourth-order valence-electron chi connectivity index (χ4n) is 2.95. The molecule has 0 spiro atoms. The van der Waals surface area contributed by atoms with Gasteiger partial charge in [0.1, 0.15) is 0 Å². The standard InChI is InChI=1S/C24H26N4O2/c1-26-18-20-10-14-22(15-11-20)28-24(30)7-5-3-2-4-6-23(29)27-21-12-8-19(9-13-21)16-17-25/h8-15H,2-7,16,18H2,(H,27,29)(H,28,30). The Morgan fingerprint density at radius 2 is 1.27 bits per heavy atom. The molecule has 6 heteroatoms. The van der Waals surface area contributed by atoms with Gasteiger partial charge in [0.2, 0.25) is 18.4 Å². The molecule has 2 aromatic rings. The number of amides is 2. The summed E-state index contributed by atoms with van der Waals surface area (Å²) < 4.78 is 0. The predicted octanol–water partition coefficient (Wildman–Crippen LogP) is 5.09. The second-order valence-corrected chi connectivity index (χ2v) is 7.06. The molecule has 6 nitrogen and oxygen atoms in total. The van der Waals surface area contributed by atoms with Crippen LogP contribution in [0.4, 0.5) is 11.4 Å².